The highest BCUT2D eigenvalue weighted by Crippen LogP contribution is 2.26. The molecule has 1 aromatic rings. The second kappa shape index (κ2) is 7.42. The number of hydrogen-bond acceptors (Lipinski definition) is 4. The molecule has 1 atom stereocenters. The molecule has 0 aromatic heterocycles. The molecule has 0 heterocycles. The number of amidine groups is 1. The number of hydrogen-bond donors (Lipinski definition) is 3. The van der Waals surface area contributed by atoms with Crippen LogP contribution in [0.15, 0.2) is 16.6 Å². The summed E-state index contributed by atoms with van der Waals surface area (Å²) in [6, 6.07) is 3.12. The molecular weight excluding hydrogens is 317 g/mol. The molecule has 0 spiro atoms. The van der Waals surface area contributed by atoms with Crippen molar-refractivity contribution in [2.45, 2.75) is 6.10 Å². The van der Waals surface area contributed by atoms with Gasteiger partial charge in [0, 0.05) is 26.3 Å². The van der Waals surface area contributed by atoms with E-state index in [-0.39, 0.29) is 16.4 Å². The van der Waals surface area contributed by atoms with Crippen molar-refractivity contribution in [3.05, 3.63) is 28.0 Å². The third-order valence-electron chi connectivity index (χ3n) is 2.58. The first-order valence-corrected chi connectivity index (χ1v) is 6.38. The highest BCUT2D eigenvalue weighted by atomic mass is 79.9. The molecule has 0 fully saturated rings. The van der Waals surface area contributed by atoms with E-state index in [0.717, 1.165) is 0 Å². The summed E-state index contributed by atoms with van der Waals surface area (Å²) in [5.74, 6) is -0.675. The topological polar surface area (TPSA) is 80.4 Å². The number of nitrogens with one attached hydrogen (secondary N) is 2. The molecule has 5 nitrogen and oxygen atoms in total. The van der Waals surface area contributed by atoms with Crippen LogP contribution in [0, 0.1) is 11.2 Å². The highest BCUT2D eigenvalue weighted by molar-refractivity contribution is 9.10. The summed E-state index contributed by atoms with van der Waals surface area (Å²) < 4.78 is 24.3. The maximum absolute atomic E-state index is 14.0. The lowest BCUT2D eigenvalue weighted by atomic mass is 10.2. The predicted molar refractivity (Wildman–Crippen MR) is 76.3 cm³/mol. The monoisotopic (exact) mass is 333 g/mol. The molecule has 0 aliphatic rings. The van der Waals surface area contributed by atoms with Crippen LogP contribution in [0.4, 0.5) is 10.1 Å². The van der Waals surface area contributed by atoms with E-state index in [1.54, 1.807) is 20.3 Å². The fourth-order valence-electron chi connectivity index (χ4n) is 1.51. The molecule has 19 heavy (non-hydrogen) atoms. The van der Waals surface area contributed by atoms with Gasteiger partial charge in [0.1, 0.15) is 5.84 Å². The van der Waals surface area contributed by atoms with Crippen molar-refractivity contribution in [2.24, 2.45) is 5.73 Å². The molecule has 0 aliphatic carbocycles. The number of anilines is 1. The Morgan fingerprint density at radius 3 is 2.74 bits per heavy atom. The zero-order valence-corrected chi connectivity index (χ0v) is 12.4. The van der Waals surface area contributed by atoms with Crippen molar-refractivity contribution >= 4 is 27.5 Å². The van der Waals surface area contributed by atoms with Gasteiger partial charge >= 0.3 is 0 Å². The molecule has 4 N–H and O–H groups in total. The van der Waals surface area contributed by atoms with Crippen LogP contribution in [-0.4, -0.2) is 39.3 Å². The second-order valence-electron chi connectivity index (χ2n) is 3.90. The summed E-state index contributed by atoms with van der Waals surface area (Å²) >= 11 is 3.09. The van der Waals surface area contributed by atoms with E-state index in [4.69, 9.17) is 20.6 Å². The number of benzene rings is 1. The van der Waals surface area contributed by atoms with E-state index in [1.807, 2.05) is 0 Å². The second-order valence-corrected chi connectivity index (χ2v) is 4.69. The van der Waals surface area contributed by atoms with E-state index >= 15 is 0 Å². The molecule has 0 aliphatic heterocycles. The third kappa shape index (κ3) is 4.15. The Morgan fingerprint density at radius 1 is 1.53 bits per heavy atom. The quantitative estimate of drug-likeness (QED) is 0.526. The van der Waals surface area contributed by atoms with Crippen molar-refractivity contribution in [1.29, 1.82) is 5.41 Å². The fourth-order valence-corrected chi connectivity index (χ4v) is 2.07. The first-order valence-electron chi connectivity index (χ1n) is 5.59. The van der Waals surface area contributed by atoms with Crippen molar-refractivity contribution in [2.75, 3.05) is 32.7 Å². The Balaban J connectivity index is 2.80. The minimum Gasteiger partial charge on any atom is -0.384 e. The summed E-state index contributed by atoms with van der Waals surface area (Å²) in [7, 11) is 3.14. The first kappa shape index (κ1) is 15.9. The molecule has 1 unspecified atom stereocenters. The van der Waals surface area contributed by atoms with E-state index < -0.39 is 5.82 Å². The van der Waals surface area contributed by atoms with Gasteiger partial charge in [-0.2, -0.15) is 0 Å². The van der Waals surface area contributed by atoms with Crippen molar-refractivity contribution < 1.29 is 13.9 Å². The Labute approximate surface area is 119 Å². The fraction of sp³-hybridized carbons (Fsp3) is 0.417. The van der Waals surface area contributed by atoms with Gasteiger partial charge < -0.3 is 20.5 Å². The Hall–Kier alpha value is -1.18. The summed E-state index contributed by atoms with van der Waals surface area (Å²) in [5, 5.41) is 10.3. The number of ether oxygens (including phenoxy) is 2. The number of nitrogen functional groups attached to an aromatic ring is 1. The van der Waals surface area contributed by atoms with E-state index in [2.05, 4.69) is 21.2 Å². The average Bonchev–Trinajstić information content (AvgIpc) is 2.38. The molecule has 0 radical (unpaired) electrons. The molecule has 1 aromatic carbocycles. The Morgan fingerprint density at radius 2 is 2.21 bits per heavy atom. The van der Waals surface area contributed by atoms with Crippen molar-refractivity contribution in [3.8, 4) is 0 Å². The van der Waals surface area contributed by atoms with Crippen LogP contribution in [0.5, 0.6) is 0 Å². The van der Waals surface area contributed by atoms with Crippen LogP contribution in [-0.2, 0) is 9.47 Å². The summed E-state index contributed by atoms with van der Waals surface area (Å²) in [5.41, 5.74) is 5.98. The van der Waals surface area contributed by atoms with E-state index in [1.165, 1.54) is 6.07 Å². The minimum atomic E-state index is -0.486. The van der Waals surface area contributed by atoms with Crippen LogP contribution in [0.1, 0.15) is 5.56 Å². The van der Waals surface area contributed by atoms with Crippen molar-refractivity contribution in [1.82, 2.24) is 0 Å². The minimum absolute atomic E-state index is 0.171. The number of rotatable bonds is 7. The summed E-state index contributed by atoms with van der Waals surface area (Å²) in [6.45, 7) is 0.824. The van der Waals surface area contributed by atoms with Crippen molar-refractivity contribution in [3.63, 3.8) is 0 Å². The average molecular weight is 334 g/mol. The van der Waals surface area contributed by atoms with Gasteiger partial charge in [-0.1, -0.05) is 0 Å². The lowest BCUT2D eigenvalue weighted by molar-refractivity contribution is 0.0365. The SMILES string of the molecule is COCC(CNc1ccc(C(=N)N)c(Br)c1F)OC. The molecule has 0 amide bonds. The zero-order chi connectivity index (χ0) is 14.4. The van der Waals surface area contributed by atoms with Gasteiger partial charge in [-0.15, -0.1) is 0 Å². The summed E-state index contributed by atoms with van der Waals surface area (Å²) in [4.78, 5) is 0. The van der Waals surface area contributed by atoms with Gasteiger partial charge in [-0.05, 0) is 28.1 Å². The molecule has 0 saturated heterocycles. The largest absolute Gasteiger partial charge is 0.384 e. The van der Waals surface area contributed by atoms with Gasteiger partial charge in [0.05, 0.1) is 22.9 Å². The normalized spacial score (nSPS) is 12.2. The predicted octanol–water partition coefficient (Wildman–Crippen LogP) is 1.95. The van der Waals surface area contributed by atoms with Crippen LogP contribution in [0.3, 0.4) is 0 Å². The summed E-state index contributed by atoms with van der Waals surface area (Å²) in [6.07, 6.45) is -0.171. The van der Waals surface area contributed by atoms with E-state index in [9.17, 15) is 4.39 Å². The highest BCUT2D eigenvalue weighted by Gasteiger charge is 2.14. The van der Waals surface area contributed by atoms with Crippen LogP contribution >= 0.6 is 15.9 Å². The lowest BCUT2D eigenvalue weighted by Gasteiger charge is -2.17. The van der Waals surface area contributed by atoms with Gasteiger partial charge in [0.15, 0.2) is 5.82 Å². The maximum Gasteiger partial charge on any atom is 0.161 e. The van der Waals surface area contributed by atoms with Crippen LogP contribution in [0.25, 0.3) is 0 Å². The smallest absolute Gasteiger partial charge is 0.161 e. The molecule has 1 rings (SSSR count). The van der Waals surface area contributed by atoms with Gasteiger partial charge in [-0.25, -0.2) is 4.39 Å². The number of methoxy groups -OCH3 is 2. The first-order chi connectivity index (χ1) is 9.01. The zero-order valence-electron chi connectivity index (χ0n) is 10.8. The lowest BCUT2D eigenvalue weighted by Crippen LogP contribution is -2.27. The van der Waals surface area contributed by atoms with Gasteiger partial charge in [0.25, 0.3) is 0 Å². The molecule has 0 bridgehead atoms. The van der Waals surface area contributed by atoms with Crippen LogP contribution < -0.4 is 11.1 Å². The number of nitrogens with two attached hydrogens (primary N) is 1. The maximum atomic E-state index is 14.0. The third-order valence-corrected chi connectivity index (χ3v) is 3.35. The van der Waals surface area contributed by atoms with E-state index in [0.29, 0.717) is 24.4 Å². The van der Waals surface area contributed by atoms with Gasteiger partial charge in [-0.3, -0.25) is 5.41 Å². The Kier molecular flexibility index (Phi) is 6.20. The Bertz CT molecular complexity index is 457. The molecule has 106 valence electrons. The molecule has 0 saturated carbocycles. The molecular formula is C12H17BrFN3O2. The standard InChI is InChI=1S/C12H17BrFN3O2/c1-18-6-7(19-2)5-17-9-4-3-8(12(15)16)10(13)11(9)14/h3-4,7,17H,5-6H2,1-2H3,(H3,15,16). The molecule has 7 heteroatoms. The van der Waals surface area contributed by atoms with Crippen LogP contribution in [0.2, 0.25) is 0 Å². The van der Waals surface area contributed by atoms with Gasteiger partial charge in [0.2, 0.25) is 0 Å². The number of halogens is 2.